The highest BCUT2D eigenvalue weighted by atomic mass is 79.9. The summed E-state index contributed by atoms with van der Waals surface area (Å²) in [5, 5.41) is 1.17. The molecule has 142 valence electrons. The molecule has 0 aliphatic heterocycles. The largest absolute Gasteiger partial charge is 1.00 e. The molecule has 0 atom stereocenters. The lowest BCUT2D eigenvalue weighted by Crippen LogP contribution is -3.00. The number of hydrogen-bond acceptors (Lipinski definition) is 0. The van der Waals surface area contributed by atoms with Gasteiger partial charge in [-0.15, -0.1) is 0 Å². The first-order valence-corrected chi connectivity index (χ1v) is 11.3. The maximum Gasteiger partial charge on any atom is 0.0786 e. The van der Waals surface area contributed by atoms with Crippen molar-refractivity contribution in [1.82, 2.24) is 0 Å². The molecule has 0 aromatic rings. The van der Waals surface area contributed by atoms with Crippen molar-refractivity contribution in [2.45, 2.75) is 97.8 Å². The number of alkyl halides is 1. The Morgan fingerprint density at radius 3 is 1.30 bits per heavy atom. The number of nitrogens with zero attached hydrogens (tertiary/aromatic N) is 1. The lowest BCUT2D eigenvalue weighted by molar-refractivity contribution is -0.929. The molecular formula is C20H43Br2N. The molecule has 0 N–H and O–H groups in total. The van der Waals surface area contributed by atoms with Gasteiger partial charge in [-0.05, 0) is 44.9 Å². The van der Waals surface area contributed by atoms with E-state index in [1.165, 1.54) is 113 Å². The Morgan fingerprint density at radius 1 is 0.522 bits per heavy atom. The first-order valence-electron chi connectivity index (χ1n) is 10.2. The van der Waals surface area contributed by atoms with Crippen molar-refractivity contribution >= 4 is 15.9 Å². The highest BCUT2D eigenvalue weighted by Gasteiger charge is 2.25. The second kappa shape index (κ2) is 19.2. The summed E-state index contributed by atoms with van der Waals surface area (Å²) in [6.45, 7) is 12.7. The molecule has 0 aromatic carbocycles. The molecule has 23 heavy (non-hydrogen) atoms. The zero-order valence-corrected chi connectivity index (χ0v) is 19.4. The van der Waals surface area contributed by atoms with Gasteiger partial charge in [0.2, 0.25) is 0 Å². The predicted octanol–water partition coefficient (Wildman–Crippen LogP) is 3.94. The SMILES string of the molecule is CCCCCC[N+](CCCC)(CCCCBr)CCCCCC.[Br-]. The molecule has 0 rings (SSSR count). The fraction of sp³-hybridized carbons (Fsp3) is 1.00. The van der Waals surface area contributed by atoms with Gasteiger partial charge in [-0.1, -0.05) is 68.8 Å². The van der Waals surface area contributed by atoms with Crippen molar-refractivity contribution in [3.8, 4) is 0 Å². The van der Waals surface area contributed by atoms with Crippen LogP contribution >= 0.6 is 15.9 Å². The van der Waals surface area contributed by atoms with E-state index in [4.69, 9.17) is 0 Å². The Kier molecular flexibility index (Phi) is 21.9. The van der Waals surface area contributed by atoms with Gasteiger partial charge in [0.1, 0.15) is 0 Å². The molecule has 3 heteroatoms. The van der Waals surface area contributed by atoms with Gasteiger partial charge in [0, 0.05) is 5.33 Å². The lowest BCUT2D eigenvalue weighted by Gasteiger charge is -2.39. The van der Waals surface area contributed by atoms with E-state index in [9.17, 15) is 0 Å². The molecule has 0 heterocycles. The van der Waals surface area contributed by atoms with E-state index in [0.717, 1.165) is 0 Å². The maximum atomic E-state index is 3.61. The van der Waals surface area contributed by atoms with Gasteiger partial charge >= 0.3 is 0 Å². The summed E-state index contributed by atoms with van der Waals surface area (Å²) >= 11 is 3.61. The maximum absolute atomic E-state index is 3.61. The van der Waals surface area contributed by atoms with Crippen LogP contribution < -0.4 is 17.0 Å². The predicted molar refractivity (Wildman–Crippen MR) is 106 cm³/mol. The minimum Gasteiger partial charge on any atom is -1.00 e. The van der Waals surface area contributed by atoms with Crippen LogP contribution in [-0.4, -0.2) is 36.0 Å². The molecule has 0 saturated heterocycles. The number of hydrogen-bond donors (Lipinski definition) is 0. The Morgan fingerprint density at radius 2 is 0.913 bits per heavy atom. The Balaban J connectivity index is 0. The third-order valence-electron chi connectivity index (χ3n) is 4.97. The second-order valence-electron chi connectivity index (χ2n) is 7.11. The van der Waals surface area contributed by atoms with Crippen molar-refractivity contribution in [2.75, 3.05) is 31.5 Å². The van der Waals surface area contributed by atoms with Crippen molar-refractivity contribution in [3.05, 3.63) is 0 Å². The van der Waals surface area contributed by atoms with Crippen LogP contribution in [0.25, 0.3) is 0 Å². The van der Waals surface area contributed by atoms with E-state index in [-0.39, 0.29) is 17.0 Å². The van der Waals surface area contributed by atoms with E-state index < -0.39 is 0 Å². The summed E-state index contributed by atoms with van der Waals surface area (Å²) in [5.41, 5.74) is 0. The topological polar surface area (TPSA) is 0 Å². The van der Waals surface area contributed by atoms with Crippen LogP contribution in [0.5, 0.6) is 0 Å². The van der Waals surface area contributed by atoms with E-state index in [0.29, 0.717) is 0 Å². The van der Waals surface area contributed by atoms with Crippen molar-refractivity contribution < 1.29 is 21.5 Å². The molecule has 0 fully saturated rings. The van der Waals surface area contributed by atoms with Crippen LogP contribution in [0.2, 0.25) is 0 Å². The fourth-order valence-corrected chi connectivity index (χ4v) is 3.85. The molecule has 0 bridgehead atoms. The molecule has 0 radical (unpaired) electrons. The van der Waals surface area contributed by atoms with E-state index >= 15 is 0 Å². The van der Waals surface area contributed by atoms with E-state index in [2.05, 4.69) is 36.7 Å². The van der Waals surface area contributed by atoms with Crippen LogP contribution in [0.15, 0.2) is 0 Å². The van der Waals surface area contributed by atoms with Gasteiger partial charge in [-0.3, -0.25) is 0 Å². The quantitative estimate of drug-likeness (QED) is 0.176. The molecule has 0 amide bonds. The molecule has 0 spiro atoms. The molecule has 1 nitrogen and oxygen atoms in total. The summed E-state index contributed by atoms with van der Waals surface area (Å²) in [4.78, 5) is 0. The molecule has 0 aromatic heterocycles. The van der Waals surface area contributed by atoms with Crippen LogP contribution in [0, 0.1) is 0 Å². The second-order valence-corrected chi connectivity index (χ2v) is 7.90. The molecule has 0 aliphatic rings. The summed E-state index contributed by atoms with van der Waals surface area (Å²) in [5.74, 6) is 0. The normalized spacial score (nSPS) is 11.5. The number of rotatable bonds is 17. The van der Waals surface area contributed by atoms with Gasteiger partial charge in [-0.2, -0.15) is 0 Å². The van der Waals surface area contributed by atoms with Gasteiger partial charge in [0.05, 0.1) is 26.2 Å². The first kappa shape index (κ1) is 26.2. The highest BCUT2D eigenvalue weighted by Crippen LogP contribution is 2.18. The highest BCUT2D eigenvalue weighted by molar-refractivity contribution is 9.09. The van der Waals surface area contributed by atoms with Crippen molar-refractivity contribution in [3.63, 3.8) is 0 Å². The molecule has 0 unspecified atom stereocenters. The van der Waals surface area contributed by atoms with Crippen molar-refractivity contribution in [2.24, 2.45) is 0 Å². The van der Waals surface area contributed by atoms with Gasteiger partial charge in [0.25, 0.3) is 0 Å². The first-order chi connectivity index (χ1) is 10.7. The average molecular weight is 457 g/mol. The Bertz CT molecular complexity index is 210. The van der Waals surface area contributed by atoms with Gasteiger partial charge in [-0.25, -0.2) is 0 Å². The van der Waals surface area contributed by atoms with Crippen LogP contribution in [0.3, 0.4) is 0 Å². The van der Waals surface area contributed by atoms with Crippen molar-refractivity contribution in [1.29, 1.82) is 0 Å². The zero-order valence-electron chi connectivity index (χ0n) is 16.2. The summed E-state index contributed by atoms with van der Waals surface area (Å²) in [6, 6.07) is 0. The van der Waals surface area contributed by atoms with E-state index in [1.807, 2.05) is 0 Å². The monoisotopic (exact) mass is 455 g/mol. The third-order valence-corrected chi connectivity index (χ3v) is 5.53. The zero-order chi connectivity index (χ0) is 16.5. The summed E-state index contributed by atoms with van der Waals surface area (Å²) < 4.78 is 1.42. The molecule has 0 saturated carbocycles. The minimum absolute atomic E-state index is 0. The van der Waals surface area contributed by atoms with Crippen LogP contribution in [0.4, 0.5) is 0 Å². The Labute approximate surface area is 166 Å². The lowest BCUT2D eigenvalue weighted by atomic mass is 10.1. The smallest absolute Gasteiger partial charge is 0.0786 e. The number of halogens is 2. The average Bonchev–Trinajstić information content (AvgIpc) is 2.54. The summed E-state index contributed by atoms with van der Waals surface area (Å²) in [7, 11) is 0. The fourth-order valence-electron chi connectivity index (χ4n) is 3.45. The van der Waals surface area contributed by atoms with Gasteiger partial charge in [0.15, 0.2) is 0 Å². The number of quaternary nitrogens is 1. The van der Waals surface area contributed by atoms with E-state index in [1.54, 1.807) is 0 Å². The van der Waals surface area contributed by atoms with Gasteiger partial charge < -0.3 is 21.5 Å². The Hall–Kier alpha value is 0.920. The minimum atomic E-state index is 0. The summed E-state index contributed by atoms with van der Waals surface area (Å²) in [6.07, 6.45) is 16.8. The third kappa shape index (κ3) is 14.9. The number of unbranched alkanes of at least 4 members (excludes halogenated alkanes) is 8. The standard InChI is InChI=1S/C20H43BrN.BrH/c1-4-7-10-13-18-22(17-9-6-3,20-15-12-16-21)19-14-11-8-5-2;/h4-20H2,1-3H3;1H/q+1;/p-1. The molecule has 0 aliphatic carbocycles. The van der Waals surface area contributed by atoms with Crippen LogP contribution in [0.1, 0.15) is 97.8 Å². The van der Waals surface area contributed by atoms with Crippen LogP contribution in [-0.2, 0) is 0 Å². The molecular weight excluding hydrogens is 414 g/mol.